The number of nitrogens with zero attached hydrogens (tertiary/aromatic N) is 5. The van der Waals surface area contributed by atoms with E-state index in [1.807, 2.05) is 12.3 Å². The number of anilines is 3. The lowest BCUT2D eigenvalue weighted by Crippen LogP contribution is -2.63. The minimum atomic E-state index is -3.10. The fraction of sp³-hybridized carbons (Fsp3) is 0.448. The average Bonchev–Trinajstić information content (AvgIpc) is 3.38. The lowest BCUT2D eigenvalue weighted by molar-refractivity contribution is 0.181. The molecule has 5 N–H and O–H groups in total. The van der Waals surface area contributed by atoms with Gasteiger partial charge in [0.1, 0.15) is 21.5 Å². The number of hydrogen-bond donors (Lipinski definition) is 3. The van der Waals surface area contributed by atoms with Crippen LogP contribution in [0.5, 0.6) is 0 Å². The van der Waals surface area contributed by atoms with E-state index in [0.717, 1.165) is 35.0 Å². The van der Waals surface area contributed by atoms with Crippen LogP contribution in [0.15, 0.2) is 47.9 Å². The predicted octanol–water partition coefficient (Wildman–Crippen LogP) is 3.21. The van der Waals surface area contributed by atoms with Gasteiger partial charge in [0.25, 0.3) is 0 Å². The zero-order valence-corrected chi connectivity index (χ0v) is 24.7. The number of fused-ring (bicyclic) bond motifs is 1. The van der Waals surface area contributed by atoms with Gasteiger partial charge in [0.2, 0.25) is 0 Å². The highest BCUT2D eigenvalue weighted by molar-refractivity contribution is 7.90. The number of nitrogens with one attached hydrogen (secondary N) is 1. The first kappa shape index (κ1) is 28.9. The number of ether oxygens (including phenoxy) is 1. The minimum absolute atomic E-state index is 0.0854. The third-order valence-corrected chi connectivity index (χ3v) is 8.71. The lowest BCUT2D eigenvalue weighted by atomic mass is 9.92. The molecule has 218 valence electrons. The molecule has 0 radical (unpaired) electrons. The molecule has 4 heterocycles. The fourth-order valence-corrected chi connectivity index (χ4v) is 6.71. The van der Waals surface area contributed by atoms with Crippen molar-refractivity contribution in [2.45, 2.75) is 44.8 Å². The Morgan fingerprint density at radius 2 is 2.02 bits per heavy atom. The molecule has 0 spiro atoms. The molecule has 0 aliphatic carbocycles. The maximum atomic E-state index is 11.8. The number of allylic oxidation sites excluding steroid dienone is 1. The molecule has 0 unspecified atom stereocenters. The van der Waals surface area contributed by atoms with E-state index in [1.54, 1.807) is 19.4 Å². The standard InChI is InChI=1S/C29H38N8O3S/c1-17(2)20-6-8-25(37-14-18(28(37)31)16-41(4,38)39)23-13-33-27(11-21(20)23)35-26-9-10-32-29(36-26)22(12-30)24-7-5-19(34-24)15-40-3/h6,8-13,17-19,28H,5,7,14-16,30-31H2,1-4H3,(H,32,33,35,36)/t18-,19-,28+/m1/s1. The smallest absolute Gasteiger partial charge is 0.164 e. The van der Waals surface area contributed by atoms with E-state index in [-0.39, 0.29) is 29.8 Å². The third kappa shape index (κ3) is 6.19. The van der Waals surface area contributed by atoms with Crippen LogP contribution in [0.3, 0.4) is 0 Å². The quantitative estimate of drug-likeness (QED) is 0.326. The maximum absolute atomic E-state index is 11.8. The van der Waals surface area contributed by atoms with Crippen molar-refractivity contribution in [2.24, 2.45) is 22.4 Å². The van der Waals surface area contributed by atoms with Gasteiger partial charge in [0.05, 0.1) is 30.1 Å². The number of nitrogens with two attached hydrogens (primary N) is 2. The first-order valence-electron chi connectivity index (χ1n) is 13.8. The second-order valence-electron chi connectivity index (χ2n) is 11.1. The summed E-state index contributed by atoms with van der Waals surface area (Å²) in [5.74, 6) is 1.99. The van der Waals surface area contributed by atoms with Crippen LogP contribution < -0.4 is 21.7 Å². The molecule has 2 aliphatic heterocycles. The molecule has 0 saturated carbocycles. The van der Waals surface area contributed by atoms with Gasteiger partial charge in [0, 0.05) is 61.2 Å². The van der Waals surface area contributed by atoms with Crippen molar-refractivity contribution in [1.82, 2.24) is 15.0 Å². The molecule has 3 aromatic rings. The Morgan fingerprint density at radius 1 is 1.22 bits per heavy atom. The van der Waals surface area contributed by atoms with Crippen molar-refractivity contribution in [3.05, 3.63) is 54.2 Å². The monoisotopic (exact) mass is 578 g/mol. The van der Waals surface area contributed by atoms with Crippen LogP contribution in [-0.2, 0) is 14.6 Å². The van der Waals surface area contributed by atoms with E-state index in [4.69, 9.17) is 31.2 Å². The van der Waals surface area contributed by atoms with E-state index in [2.05, 4.69) is 41.2 Å². The van der Waals surface area contributed by atoms with E-state index in [9.17, 15) is 8.42 Å². The summed E-state index contributed by atoms with van der Waals surface area (Å²) in [6.07, 6.45) is 7.62. The van der Waals surface area contributed by atoms with Crippen molar-refractivity contribution >= 4 is 49.2 Å². The summed E-state index contributed by atoms with van der Waals surface area (Å²) in [4.78, 5) is 20.7. The molecule has 2 aliphatic rings. The Labute approximate surface area is 241 Å². The summed E-state index contributed by atoms with van der Waals surface area (Å²) in [5, 5.41) is 5.34. The number of benzene rings is 1. The van der Waals surface area contributed by atoms with Crippen LogP contribution >= 0.6 is 0 Å². The third-order valence-electron chi connectivity index (χ3n) is 7.68. The van der Waals surface area contributed by atoms with Crippen molar-refractivity contribution in [3.8, 4) is 0 Å². The van der Waals surface area contributed by atoms with Gasteiger partial charge in [-0.1, -0.05) is 19.9 Å². The second-order valence-corrected chi connectivity index (χ2v) is 13.3. The molecule has 12 heteroatoms. The second kappa shape index (κ2) is 11.7. The highest BCUT2D eigenvalue weighted by Crippen LogP contribution is 2.38. The largest absolute Gasteiger partial charge is 0.404 e. The Kier molecular flexibility index (Phi) is 8.25. The summed E-state index contributed by atoms with van der Waals surface area (Å²) in [5.41, 5.74) is 16.1. The van der Waals surface area contributed by atoms with Crippen molar-refractivity contribution in [1.29, 1.82) is 0 Å². The van der Waals surface area contributed by atoms with Gasteiger partial charge in [-0.3, -0.25) is 4.99 Å². The number of sulfone groups is 1. The zero-order chi connectivity index (χ0) is 29.3. The van der Waals surface area contributed by atoms with Crippen molar-refractivity contribution in [3.63, 3.8) is 0 Å². The molecule has 5 rings (SSSR count). The number of rotatable bonds is 10. The molecule has 2 aromatic heterocycles. The first-order valence-corrected chi connectivity index (χ1v) is 15.8. The molecule has 0 amide bonds. The first-order chi connectivity index (χ1) is 19.6. The van der Waals surface area contributed by atoms with Crippen LogP contribution in [0.2, 0.25) is 0 Å². The Balaban J connectivity index is 1.42. The number of aliphatic imine (C=N–C) groups is 1. The molecular weight excluding hydrogens is 540 g/mol. The molecule has 41 heavy (non-hydrogen) atoms. The highest BCUT2D eigenvalue weighted by atomic mass is 32.2. The SMILES string of the molecule is COC[C@H]1CCC(C(=CN)c2nccc(Nc3cc4c(C(C)C)ccc(N5C[C@H](CS(C)(=O)=O)[C@H]5N)c4cn3)n2)=N1. The van der Waals surface area contributed by atoms with E-state index in [0.29, 0.717) is 36.2 Å². The number of pyridine rings is 1. The van der Waals surface area contributed by atoms with Crippen LogP contribution in [0.4, 0.5) is 17.3 Å². The van der Waals surface area contributed by atoms with Crippen LogP contribution in [0.25, 0.3) is 16.3 Å². The summed E-state index contributed by atoms with van der Waals surface area (Å²) in [7, 11) is -1.42. The van der Waals surface area contributed by atoms with Crippen molar-refractivity contribution in [2.75, 3.05) is 42.5 Å². The van der Waals surface area contributed by atoms with Gasteiger partial charge >= 0.3 is 0 Å². The Morgan fingerprint density at radius 3 is 2.71 bits per heavy atom. The normalized spacial score (nSPS) is 21.3. The summed E-state index contributed by atoms with van der Waals surface area (Å²) in [6.45, 7) is 5.46. The molecule has 1 saturated heterocycles. The Bertz CT molecular complexity index is 1600. The minimum Gasteiger partial charge on any atom is -0.404 e. The summed E-state index contributed by atoms with van der Waals surface area (Å²) in [6, 6.07) is 8.09. The summed E-state index contributed by atoms with van der Waals surface area (Å²) >= 11 is 0. The van der Waals surface area contributed by atoms with E-state index >= 15 is 0 Å². The van der Waals surface area contributed by atoms with E-state index < -0.39 is 9.84 Å². The Hall–Kier alpha value is -3.61. The molecule has 11 nitrogen and oxygen atoms in total. The van der Waals surface area contributed by atoms with Crippen LogP contribution in [0, 0.1) is 5.92 Å². The lowest BCUT2D eigenvalue weighted by Gasteiger charge is -2.47. The fourth-order valence-electron chi connectivity index (χ4n) is 5.63. The van der Waals surface area contributed by atoms with Gasteiger partial charge in [0.15, 0.2) is 5.82 Å². The molecule has 3 atom stereocenters. The topological polar surface area (TPSA) is 162 Å². The maximum Gasteiger partial charge on any atom is 0.164 e. The molecular formula is C29H38N8O3S. The van der Waals surface area contributed by atoms with Crippen LogP contribution in [0.1, 0.15) is 44.0 Å². The van der Waals surface area contributed by atoms with Gasteiger partial charge in [-0.25, -0.2) is 23.4 Å². The highest BCUT2D eigenvalue weighted by Gasteiger charge is 2.39. The zero-order valence-electron chi connectivity index (χ0n) is 23.9. The van der Waals surface area contributed by atoms with Gasteiger partial charge in [-0.05, 0) is 47.9 Å². The molecule has 1 aromatic carbocycles. The predicted molar refractivity (Wildman–Crippen MR) is 164 cm³/mol. The summed E-state index contributed by atoms with van der Waals surface area (Å²) < 4.78 is 28.9. The molecule has 0 bridgehead atoms. The van der Waals surface area contributed by atoms with E-state index in [1.165, 1.54) is 18.0 Å². The van der Waals surface area contributed by atoms with Gasteiger partial charge < -0.3 is 26.4 Å². The number of hydrogen-bond acceptors (Lipinski definition) is 11. The number of aromatic nitrogens is 3. The van der Waals surface area contributed by atoms with Crippen LogP contribution in [-0.4, -0.2) is 73.6 Å². The van der Waals surface area contributed by atoms with Crippen molar-refractivity contribution < 1.29 is 13.2 Å². The van der Waals surface area contributed by atoms with Gasteiger partial charge in [-0.15, -0.1) is 0 Å². The van der Waals surface area contributed by atoms with Gasteiger partial charge in [-0.2, -0.15) is 0 Å². The number of methoxy groups -OCH3 is 1. The molecule has 1 fully saturated rings. The average molecular weight is 579 g/mol.